The Hall–Kier alpha value is -1.25. The smallest absolute Gasteiger partial charge is 0.222 e. The Morgan fingerprint density at radius 2 is 1.81 bits per heavy atom. The Labute approximate surface area is 98.1 Å². The zero-order valence-corrected chi connectivity index (χ0v) is 9.48. The van der Waals surface area contributed by atoms with Gasteiger partial charge in [0.2, 0.25) is 5.91 Å². The van der Waals surface area contributed by atoms with Gasteiger partial charge in [0.15, 0.2) is 0 Å². The molecule has 1 amide bonds. The second-order valence-electron chi connectivity index (χ2n) is 4.33. The number of rotatable bonds is 3. The van der Waals surface area contributed by atoms with Gasteiger partial charge in [0.05, 0.1) is 0 Å². The predicted octanol–water partition coefficient (Wildman–Crippen LogP) is 1.04. The molecule has 0 saturated carbocycles. The molecule has 0 spiro atoms. The number of likely N-dealkylation sites (tertiary alicyclic amines) is 1. The minimum atomic E-state index is 0.286. The highest BCUT2D eigenvalue weighted by Gasteiger charge is 2.16. The summed E-state index contributed by atoms with van der Waals surface area (Å²) in [5, 5.41) is 0. The van der Waals surface area contributed by atoms with Crippen LogP contribution >= 0.6 is 0 Å². The Morgan fingerprint density at radius 1 is 1.19 bits per heavy atom. The predicted molar refractivity (Wildman–Crippen MR) is 66.0 cm³/mol. The third kappa shape index (κ3) is 2.88. The number of amides is 1. The van der Waals surface area contributed by atoms with Crippen LogP contribution in [0.5, 0.6) is 0 Å². The van der Waals surface area contributed by atoms with Crippen LogP contribution in [0.3, 0.4) is 0 Å². The maximum absolute atomic E-state index is 11.8. The maximum Gasteiger partial charge on any atom is 0.222 e. The molecule has 0 bridgehead atoms. The van der Waals surface area contributed by atoms with Crippen molar-refractivity contribution in [3.05, 3.63) is 29.8 Å². The number of carbonyl (C=O) groups excluding carboxylic acids is 1. The molecule has 16 heavy (non-hydrogen) atoms. The maximum atomic E-state index is 11.8. The van der Waals surface area contributed by atoms with Crippen molar-refractivity contribution in [2.75, 3.05) is 13.1 Å². The van der Waals surface area contributed by atoms with Crippen LogP contribution < -0.4 is 5.46 Å². The minimum Gasteiger partial charge on any atom is -0.343 e. The number of carbonyl (C=O) groups is 1. The molecule has 1 aliphatic heterocycles. The quantitative estimate of drug-likeness (QED) is 0.687. The fraction of sp³-hybridized carbons (Fsp3) is 0.462. The summed E-state index contributed by atoms with van der Waals surface area (Å²) in [6.45, 7) is 1.89. The molecule has 0 aliphatic carbocycles. The lowest BCUT2D eigenvalue weighted by Gasteiger charge is -2.14. The van der Waals surface area contributed by atoms with Crippen LogP contribution in [0.1, 0.15) is 24.8 Å². The van der Waals surface area contributed by atoms with E-state index in [-0.39, 0.29) is 5.91 Å². The Morgan fingerprint density at radius 3 is 2.44 bits per heavy atom. The van der Waals surface area contributed by atoms with Gasteiger partial charge in [-0.2, -0.15) is 0 Å². The number of hydrogen-bond acceptors (Lipinski definition) is 1. The molecule has 1 fully saturated rings. The standard InChI is InChI=1S/C13H16BNO/c14-12-6-3-11(4-7-12)5-8-13(16)15-9-1-2-10-15/h3-4,6-7H,1-2,5,8-10H2. The lowest BCUT2D eigenvalue weighted by atomic mass is 9.94. The SMILES string of the molecule is [B]c1ccc(CCC(=O)N2CCCC2)cc1. The molecule has 2 radical (unpaired) electrons. The Bertz CT molecular complexity index is 355. The Kier molecular flexibility index (Phi) is 3.65. The van der Waals surface area contributed by atoms with Crippen molar-refractivity contribution in [2.45, 2.75) is 25.7 Å². The molecule has 0 aromatic heterocycles. The van der Waals surface area contributed by atoms with Crippen molar-refractivity contribution in [3.63, 3.8) is 0 Å². The highest BCUT2D eigenvalue weighted by atomic mass is 16.2. The van der Waals surface area contributed by atoms with E-state index in [0.717, 1.165) is 37.8 Å². The van der Waals surface area contributed by atoms with E-state index in [2.05, 4.69) is 0 Å². The van der Waals surface area contributed by atoms with Crippen molar-refractivity contribution in [1.82, 2.24) is 4.90 Å². The zero-order chi connectivity index (χ0) is 11.4. The summed E-state index contributed by atoms with van der Waals surface area (Å²) in [5.74, 6) is 0.286. The molecule has 0 N–H and O–H groups in total. The molecule has 1 saturated heterocycles. The lowest BCUT2D eigenvalue weighted by Crippen LogP contribution is -2.27. The first-order valence-electron chi connectivity index (χ1n) is 5.88. The number of nitrogens with zero attached hydrogens (tertiary/aromatic N) is 1. The average molecular weight is 213 g/mol. The van der Waals surface area contributed by atoms with E-state index in [9.17, 15) is 4.79 Å². The van der Waals surface area contributed by atoms with E-state index in [1.54, 1.807) is 0 Å². The van der Waals surface area contributed by atoms with Gasteiger partial charge < -0.3 is 4.90 Å². The summed E-state index contributed by atoms with van der Waals surface area (Å²) in [6, 6.07) is 7.75. The lowest BCUT2D eigenvalue weighted by molar-refractivity contribution is -0.130. The fourth-order valence-corrected chi connectivity index (χ4v) is 2.06. The van der Waals surface area contributed by atoms with Crippen LogP contribution in [-0.2, 0) is 11.2 Å². The third-order valence-corrected chi connectivity index (χ3v) is 3.07. The van der Waals surface area contributed by atoms with Gasteiger partial charge in [0.1, 0.15) is 7.85 Å². The number of aryl methyl sites for hydroxylation is 1. The molecule has 0 unspecified atom stereocenters. The second-order valence-corrected chi connectivity index (χ2v) is 4.33. The van der Waals surface area contributed by atoms with Gasteiger partial charge in [-0.3, -0.25) is 4.79 Å². The summed E-state index contributed by atoms with van der Waals surface area (Å²) in [7, 11) is 5.61. The molecule has 0 atom stereocenters. The topological polar surface area (TPSA) is 20.3 Å². The normalized spacial score (nSPS) is 15.4. The molecule has 1 heterocycles. The molecule has 2 rings (SSSR count). The highest BCUT2D eigenvalue weighted by molar-refractivity contribution is 6.32. The van der Waals surface area contributed by atoms with Crippen LogP contribution in [0.2, 0.25) is 0 Å². The van der Waals surface area contributed by atoms with Crippen molar-refractivity contribution in [2.24, 2.45) is 0 Å². The molecular formula is C13H16BNO. The van der Waals surface area contributed by atoms with Crippen molar-refractivity contribution in [1.29, 1.82) is 0 Å². The third-order valence-electron chi connectivity index (χ3n) is 3.07. The summed E-state index contributed by atoms with van der Waals surface area (Å²) >= 11 is 0. The van der Waals surface area contributed by atoms with Gasteiger partial charge in [-0.05, 0) is 24.8 Å². The highest BCUT2D eigenvalue weighted by Crippen LogP contribution is 2.10. The molecule has 82 valence electrons. The molecule has 1 aromatic rings. The zero-order valence-electron chi connectivity index (χ0n) is 9.48. The van der Waals surface area contributed by atoms with Crippen molar-refractivity contribution < 1.29 is 4.79 Å². The Balaban J connectivity index is 1.82. The average Bonchev–Trinajstić information content (AvgIpc) is 2.81. The summed E-state index contributed by atoms with van der Waals surface area (Å²) in [4.78, 5) is 13.8. The summed E-state index contributed by atoms with van der Waals surface area (Å²) < 4.78 is 0. The molecule has 2 nitrogen and oxygen atoms in total. The van der Waals surface area contributed by atoms with Gasteiger partial charge in [0, 0.05) is 19.5 Å². The van der Waals surface area contributed by atoms with Crippen LogP contribution in [0.4, 0.5) is 0 Å². The summed E-state index contributed by atoms with van der Waals surface area (Å²) in [6.07, 6.45) is 3.75. The van der Waals surface area contributed by atoms with Crippen LogP contribution in [0.15, 0.2) is 24.3 Å². The van der Waals surface area contributed by atoms with E-state index in [1.807, 2.05) is 29.2 Å². The van der Waals surface area contributed by atoms with E-state index in [1.165, 1.54) is 5.56 Å². The molecule has 1 aromatic carbocycles. The number of hydrogen-bond donors (Lipinski definition) is 0. The first kappa shape index (κ1) is 11.2. The fourth-order valence-electron chi connectivity index (χ4n) is 2.06. The minimum absolute atomic E-state index is 0.286. The van der Waals surface area contributed by atoms with Crippen molar-refractivity contribution in [3.8, 4) is 0 Å². The monoisotopic (exact) mass is 213 g/mol. The van der Waals surface area contributed by atoms with Crippen LogP contribution in [0.25, 0.3) is 0 Å². The van der Waals surface area contributed by atoms with E-state index in [0.29, 0.717) is 6.42 Å². The van der Waals surface area contributed by atoms with E-state index < -0.39 is 0 Å². The van der Waals surface area contributed by atoms with Crippen molar-refractivity contribution >= 4 is 19.2 Å². The molecule has 3 heteroatoms. The van der Waals surface area contributed by atoms with Gasteiger partial charge in [-0.15, -0.1) is 0 Å². The van der Waals surface area contributed by atoms with Gasteiger partial charge >= 0.3 is 0 Å². The summed E-state index contributed by atoms with van der Waals surface area (Å²) in [5.41, 5.74) is 1.95. The molecule has 1 aliphatic rings. The van der Waals surface area contributed by atoms with Gasteiger partial charge in [-0.25, -0.2) is 0 Å². The van der Waals surface area contributed by atoms with Crippen LogP contribution in [-0.4, -0.2) is 31.7 Å². The van der Waals surface area contributed by atoms with Gasteiger partial charge in [0.25, 0.3) is 0 Å². The second kappa shape index (κ2) is 5.19. The molecular weight excluding hydrogens is 197 g/mol. The first-order valence-corrected chi connectivity index (χ1v) is 5.88. The van der Waals surface area contributed by atoms with Gasteiger partial charge in [-0.1, -0.05) is 29.7 Å². The number of benzene rings is 1. The first-order chi connectivity index (χ1) is 7.75. The largest absolute Gasteiger partial charge is 0.343 e. The van der Waals surface area contributed by atoms with Crippen LogP contribution in [0, 0.1) is 0 Å². The van der Waals surface area contributed by atoms with E-state index >= 15 is 0 Å². The van der Waals surface area contributed by atoms with E-state index in [4.69, 9.17) is 7.85 Å².